The molecular weight excluding hydrogens is 338 g/mol. The summed E-state index contributed by atoms with van der Waals surface area (Å²) >= 11 is 0. The normalized spacial score (nSPS) is 10.1. The number of benzene rings is 2. The van der Waals surface area contributed by atoms with Gasteiger partial charge in [-0.1, -0.05) is 18.2 Å². The van der Waals surface area contributed by atoms with Gasteiger partial charge in [0.15, 0.2) is 0 Å². The summed E-state index contributed by atoms with van der Waals surface area (Å²) in [4.78, 5) is 8.94. The van der Waals surface area contributed by atoms with E-state index in [-0.39, 0.29) is 0 Å². The van der Waals surface area contributed by atoms with Crippen molar-refractivity contribution in [3.8, 4) is 11.8 Å². The Bertz CT molecular complexity index is 948. The van der Waals surface area contributed by atoms with Crippen LogP contribution in [0.4, 0.5) is 17.5 Å². The molecule has 2 aromatic carbocycles. The Morgan fingerprint density at radius 2 is 1.89 bits per heavy atom. The monoisotopic (exact) mass is 359 g/mol. The number of nitrogens with zero attached hydrogens (tertiary/aromatic N) is 3. The first-order valence-corrected chi connectivity index (χ1v) is 8.66. The van der Waals surface area contributed by atoms with Crippen LogP contribution < -0.4 is 15.4 Å². The summed E-state index contributed by atoms with van der Waals surface area (Å²) in [6.07, 6.45) is 0.855. The van der Waals surface area contributed by atoms with E-state index < -0.39 is 0 Å². The Balaban J connectivity index is 1.63. The highest BCUT2D eigenvalue weighted by Crippen LogP contribution is 2.18. The summed E-state index contributed by atoms with van der Waals surface area (Å²) in [6, 6.07) is 19.3. The smallest absolute Gasteiger partial charge is 0.224 e. The fourth-order valence-electron chi connectivity index (χ4n) is 2.64. The third-order valence-corrected chi connectivity index (χ3v) is 3.97. The van der Waals surface area contributed by atoms with Gasteiger partial charge in [-0.2, -0.15) is 10.2 Å². The summed E-state index contributed by atoms with van der Waals surface area (Å²) in [7, 11) is 1.66. The molecule has 0 aliphatic carbocycles. The van der Waals surface area contributed by atoms with E-state index in [1.165, 1.54) is 5.56 Å². The summed E-state index contributed by atoms with van der Waals surface area (Å²) in [6.45, 7) is 2.65. The van der Waals surface area contributed by atoms with Crippen molar-refractivity contribution in [3.05, 3.63) is 71.4 Å². The van der Waals surface area contributed by atoms with E-state index in [9.17, 15) is 0 Å². The van der Waals surface area contributed by atoms with Gasteiger partial charge >= 0.3 is 0 Å². The molecule has 27 heavy (non-hydrogen) atoms. The topological polar surface area (TPSA) is 82.9 Å². The molecule has 1 aromatic heterocycles. The van der Waals surface area contributed by atoms with Crippen LogP contribution in [0.25, 0.3) is 0 Å². The molecule has 0 spiro atoms. The van der Waals surface area contributed by atoms with Crippen LogP contribution in [-0.4, -0.2) is 23.6 Å². The van der Waals surface area contributed by atoms with Gasteiger partial charge in [-0.05, 0) is 49.2 Å². The number of aryl methyl sites for hydroxylation is 1. The minimum Gasteiger partial charge on any atom is -0.497 e. The lowest BCUT2D eigenvalue weighted by atomic mass is 10.1. The third-order valence-electron chi connectivity index (χ3n) is 3.97. The lowest BCUT2D eigenvalue weighted by molar-refractivity contribution is 0.414. The molecule has 0 saturated heterocycles. The molecular formula is C21H21N5O. The molecule has 0 aliphatic rings. The van der Waals surface area contributed by atoms with Crippen molar-refractivity contribution < 1.29 is 4.74 Å². The lowest BCUT2D eigenvalue weighted by Gasteiger charge is -2.10. The summed E-state index contributed by atoms with van der Waals surface area (Å²) in [5.74, 6) is 2.11. The van der Waals surface area contributed by atoms with Gasteiger partial charge in [0.05, 0.1) is 18.7 Å². The van der Waals surface area contributed by atoms with Crippen molar-refractivity contribution in [1.29, 1.82) is 5.26 Å². The van der Waals surface area contributed by atoms with Gasteiger partial charge in [-0.25, -0.2) is 4.98 Å². The molecule has 3 rings (SSSR count). The number of rotatable bonds is 7. The Labute approximate surface area is 158 Å². The average molecular weight is 359 g/mol. The van der Waals surface area contributed by atoms with Crippen molar-refractivity contribution in [2.45, 2.75) is 13.3 Å². The number of hydrogen-bond donors (Lipinski definition) is 2. The van der Waals surface area contributed by atoms with Crippen molar-refractivity contribution in [2.75, 3.05) is 24.3 Å². The molecule has 136 valence electrons. The Morgan fingerprint density at radius 3 is 2.63 bits per heavy atom. The number of methoxy groups -OCH3 is 1. The average Bonchev–Trinajstić information content (AvgIpc) is 2.68. The number of nitrogens with one attached hydrogen (secondary N) is 2. The molecule has 0 radical (unpaired) electrons. The first-order chi connectivity index (χ1) is 13.2. The van der Waals surface area contributed by atoms with Gasteiger partial charge in [0.25, 0.3) is 0 Å². The zero-order chi connectivity index (χ0) is 19.1. The molecule has 1 heterocycles. The Kier molecular flexibility index (Phi) is 5.85. The first kappa shape index (κ1) is 18.2. The van der Waals surface area contributed by atoms with Gasteiger partial charge in [-0.15, -0.1) is 0 Å². The van der Waals surface area contributed by atoms with Crippen LogP contribution in [0.5, 0.6) is 5.75 Å². The molecule has 0 bridgehead atoms. The fraction of sp³-hybridized carbons (Fsp3) is 0.190. The quantitative estimate of drug-likeness (QED) is 0.662. The second-order valence-electron chi connectivity index (χ2n) is 6.06. The second kappa shape index (κ2) is 8.68. The van der Waals surface area contributed by atoms with Crippen molar-refractivity contribution >= 4 is 17.5 Å². The number of aromatic nitrogens is 2. The van der Waals surface area contributed by atoms with E-state index in [0.29, 0.717) is 17.3 Å². The Morgan fingerprint density at radius 1 is 1.07 bits per heavy atom. The van der Waals surface area contributed by atoms with E-state index in [1.807, 2.05) is 49.4 Å². The van der Waals surface area contributed by atoms with Gasteiger partial charge < -0.3 is 15.4 Å². The predicted molar refractivity (Wildman–Crippen MR) is 106 cm³/mol. The van der Waals surface area contributed by atoms with E-state index in [2.05, 4.69) is 26.7 Å². The largest absolute Gasteiger partial charge is 0.497 e. The minimum absolute atomic E-state index is 0.572. The van der Waals surface area contributed by atoms with Gasteiger partial charge in [-0.3, -0.25) is 0 Å². The number of hydrogen-bond acceptors (Lipinski definition) is 6. The van der Waals surface area contributed by atoms with E-state index in [4.69, 9.17) is 10.00 Å². The van der Waals surface area contributed by atoms with Gasteiger partial charge in [0.2, 0.25) is 5.95 Å². The summed E-state index contributed by atoms with van der Waals surface area (Å²) < 4.78 is 5.17. The molecule has 0 fully saturated rings. The third kappa shape index (κ3) is 5.19. The summed E-state index contributed by atoms with van der Waals surface area (Å²) in [5, 5.41) is 15.5. The highest BCUT2D eigenvalue weighted by Gasteiger charge is 2.04. The number of nitriles is 1. The zero-order valence-electron chi connectivity index (χ0n) is 15.4. The maximum Gasteiger partial charge on any atom is 0.224 e. The van der Waals surface area contributed by atoms with Crippen LogP contribution in [0.2, 0.25) is 0 Å². The maximum absolute atomic E-state index is 9.02. The molecule has 0 aliphatic heterocycles. The van der Waals surface area contributed by atoms with Gasteiger partial charge in [0, 0.05) is 24.0 Å². The fourth-order valence-corrected chi connectivity index (χ4v) is 2.64. The SMILES string of the molecule is COc1ccc(CCNc2nc(C)cc(Nc3cccc(C#N)c3)n2)cc1. The Hall–Kier alpha value is -3.59. The lowest BCUT2D eigenvalue weighted by Crippen LogP contribution is -2.09. The highest BCUT2D eigenvalue weighted by atomic mass is 16.5. The van der Waals surface area contributed by atoms with Crippen LogP contribution in [0.1, 0.15) is 16.8 Å². The van der Waals surface area contributed by atoms with Gasteiger partial charge in [0.1, 0.15) is 11.6 Å². The van der Waals surface area contributed by atoms with Crippen LogP contribution in [0.15, 0.2) is 54.6 Å². The zero-order valence-corrected chi connectivity index (χ0v) is 15.4. The van der Waals surface area contributed by atoms with E-state index in [0.717, 1.165) is 30.1 Å². The molecule has 0 amide bonds. The van der Waals surface area contributed by atoms with E-state index >= 15 is 0 Å². The standard InChI is InChI=1S/C21H21N5O/c1-15-12-20(25-18-5-3-4-17(13-18)14-22)26-21(24-15)23-11-10-16-6-8-19(27-2)9-7-16/h3-9,12-13H,10-11H2,1-2H3,(H2,23,24,25,26). The molecule has 3 aromatic rings. The predicted octanol–water partition coefficient (Wildman–Crippen LogP) is 4.06. The second-order valence-corrected chi connectivity index (χ2v) is 6.06. The van der Waals surface area contributed by atoms with Crippen molar-refractivity contribution in [2.24, 2.45) is 0 Å². The number of anilines is 3. The molecule has 0 unspecified atom stereocenters. The first-order valence-electron chi connectivity index (χ1n) is 8.66. The maximum atomic E-state index is 9.02. The van der Waals surface area contributed by atoms with Crippen LogP contribution >= 0.6 is 0 Å². The van der Waals surface area contributed by atoms with Crippen LogP contribution in [0.3, 0.4) is 0 Å². The number of ether oxygens (including phenoxy) is 1. The molecule has 6 heteroatoms. The van der Waals surface area contributed by atoms with Crippen molar-refractivity contribution in [1.82, 2.24) is 9.97 Å². The van der Waals surface area contributed by atoms with Crippen LogP contribution in [0, 0.1) is 18.3 Å². The molecule has 6 nitrogen and oxygen atoms in total. The van der Waals surface area contributed by atoms with Crippen molar-refractivity contribution in [3.63, 3.8) is 0 Å². The van der Waals surface area contributed by atoms with Crippen LogP contribution in [-0.2, 0) is 6.42 Å². The molecule has 2 N–H and O–H groups in total. The molecule has 0 saturated carbocycles. The molecule has 0 atom stereocenters. The minimum atomic E-state index is 0.572. The van der Waals surface area contributed by atoms with E-state index in [1.54, 1.807) is 19.2 Å². The summed E-state index contributed by atoms with van der Waals surface area (Å²) in [5.41, 5.74) is 3.48. The highest BCUT2D eigenvalue weighted by molar-refractivity contribution is 5.59.